The lowest BCUT2D eigenvalue weighted by Gasteiger charge is -2.48. The van der Waals surface area contributed by atoms with E-state index >= 15 is 0 Å². The zero-order chi connectivity index (χ0) is 70.4. The van der Waals surface area contributed by atoms with Gasteiger partial charge in [-0.2, -0.15) is 0 Å². The molecular weight excluding hydrogens is 1240 g/mol. The summed E-state index contributed by atoms with van der Waals surface area (Å²) in [5, 5.41) is 121. The molecule has 0 aliphatic carbocycles. The summed E-state index contributed by atoms with van der Waals surface area (Å²) in [5.74, 6) is -0.279. The highest BCUT2D eigenvalue weighted by Gasteiger charge is 2.53. The third-order valence-electron chi connectivity index (χ3n) is 18.4. The van der Waals surface area contributed by atoms with Crippen LogP contribution in [-0.2, 0) is 33.2 Å². The van der Waals surface area contributed by atoms with Crippen LogP contribution in [0.15, 0.2) is 97.2 Å². The fourth-order valence-electron chi connectivity index (χ4n) is 12.3. The van der Waals surface area contributed by atoms with Crippen molar-refractivity contribution in [2.24, 2.45) is 0 Å². The SMILES string of the molecule is CC/C=C\C/C=C\C/C=C\C/C=C\C/C=C\C/C=C\C/C=C\CCCCCCCCCCCCCCCC(=O)NC(COC1OC(CO)C(OC2OC(CO)C(OC3OC(CO)C(O)C(O)C3O)C(O)C2O)C(O)C1O)C(O)/C=C/CCCCCCCCCCCCCCCCC. The molecule has 560 valence electrons. The fraction of sp³-hybridized carbons (Fsp3) is 0.782. The Labute approximate surface area is 583 Å². The average molecular weight is 1370 g/mol. The summed E-state index contributed by atoms with van der Waals surface area (Å²) in [7, 11) is 0. The Morgan fingerprint density at radius 2 is 0.711 bits per heavy atom. The molecule has 1 amide bonds. The summed E-state index contributed by atoms with van der Waals surface area (Å²) < 4.78 is 34.4. The first kappa shape index (κ1) is 87.9. The number of aliphatic hydroxyl groups is 11. The first-order valence-electron chi connectivity index (χ1n) is 38.0. The molecule has 17 atom stereocenters. The standard InChI is InChI=1S/C78H135NO18/c1-3-5-7-9-11-13-15-17-19-21-22-23-24-25-26-27-28-29-30-31-32-33-34-35-36-37-38-40-42-44-46-48-50-52-54-56-66(84)79-61(62(83)55-53-51-49-47-45-43-41-39-20-18-16-14-12-10-8-6-4-2)60-92-76-72(90)69(87)74(64(58-81)94-76)97-78-73(91)70(88)75(65(59-82)95-78)96-77-71(89)68(86)67(85)63(57-80)93-77/h5,7,11,13,17,19,22-23,25-26,28-29,31-32,53,55,61-65,67-78,80-83,85-91H,3-4,6,8-10,12,14-16,18,20-21,24,27,30,33-52,54,56-60H2,1-2H3,(H,79,84)/b7-5-,13-11-,19-17-,23-22-,26-25-,29-28-,32-31-,55-53+. The normalized spacial score (nSPS) is 27.5. The molecule has 19 nitrogen and oxygen atoms in total. The second-order valence-electron chi connectivity index (χ2n) is 26.7. The zero-order valence-corrected chi connectivity index (χ0v) is 59.5. The molecule has 0 bridgehead atoms. The number of ether oxygens (including phenoxy) is 6. The van der Waals surface area contributed by atoms with Crippen LogP contribution in [0.3, 0.4) is 0 Å². The lowest BCUT2D eigenvalue weighted by Crippen LogP contribution is -2.66. The highest BCUT2D eigenvalue weighted by molar-refractivity contribution is 5.76. The van der Waals surface area contributed by atoms with Gasteiger partial charge in [0.25, 0.3) is 0 Å². The van der Waals surface area contributed by atoms with Crippen molar-refractivity contribution in [1.82, 2.24) is 5.32 Å². The van der Waals surface area contributed by atoms with E-state index in [0.29, 0.717) is 6.42 Å². The molecule has 0 radical (unpaired) electrons. The summed E-state index contributed by atoms with van der Waals surface area (Å²) in [4.78, 5) is 13.4. The van der Waals surface area contributed by atoms with E-state index < -0.39 is 124 Å². The van der Waals surface area contributed by atoms with Gasteiger partial charge < -0.3 is 89.9 Å². The number of carbonyl (C=O) groups excluding carboxylic acids is 1. The van der Waals surface area contributed by atoms with Gasteiger partial charge in [-0.15, -0.1) is 0 Å². The number of rotatable bonds is 58. The Morgan fingerprint density at radius 1 is 0.381 bits per heavy atom. The monoisotopic (exact) mass is 1370 g/mol. The van der Waals surface area contributed by atoms with E-state index in [1.54, 1.807) is 6.08 Å². The van der Waals surface area contributed by atoms with Crippen LogP contribution < -0.4 is 5.32 Å². The van der Waals surface area contributed by atoms with Crippen molar-refractivity contribution >= 4 is 5.91 Å². The number of amides is 1. The van der Waals surface area contributed by atoms with E-state index in [-0.39, 0.29) is 18.9 Å². The van der Waals surface area contributed by atoms with Crippen molar-refractivity contribution in [1.29, 1.82) is 0 Å². The van der Waals surface area contributed by atoms with Crippen molar-refractivity contribution in [3.63, 3.8) is 0 Å². The third kappa shape index (κ3) is 39.1. The van der Waals surface area contributed by atoms with E-state index in [1.807, 2.05) is 6.08 Å². The van der Waals surface area contributed by atoms with E-state index in [2.05, 4.69) is 104 Å². The molecule has 3 fully saturated rings. The number of unbranched alkanes of at least 4 members (excludes halogenated alkanes) is 28. The van der Waals surface area contributed by atoms with Gasteiger partial charge in [-0.05, 0) is 77.0 Å². The predicted molar refractivity (Wildman–Crippen MR) is 383 cm³/mol. The summed E-state index contributed by atoms with van der Waals surface area (Å²) in [6.45, 7) is 1.63. The first-order valence-corrected chi connectivity index (χ1v) is 38.0. The van der Waals surface area contributed by atoms with Crippen LogP contribution in [0.25, 0.3) is 0 Å². The number of allylic oxidation sites excluding steroid dienone is 15. The van der Waals surface area contributed by atoms with E-state index in [4.69, 9.17) is 28.4 Å². The van der Waals surface area contributed by atoms with Gasteiger partial charge in [-0.25, -0.2) is 0 Å². The number of carbonyl (C=O) groups is 1. The fourth-order valence-corrected chi connectivity index (χ4v) is 12.3. The zero-order valence-electron chi connectivity index (χ0n) is 59.5. The summed E-state index contributed by atoms with van der Waals surface area (Å²) in [5.41, 5.74) is 0. The molecule has 3 aliphatic rings. The highest BCUT2D eigenvalue weighted by Crippen LogP contribution is 2.33. The number of nitrogens with one attached hydrogen (secondary N) is 1. The van der Waals surface area contributed by atoms with Gasteiger partial charge in [0.05, 0.1) is 38.6 Å². The Hall–Kier alpha value is -3.29. The van der Waals surface area contributed by atoms with Crippen LogP contribution in [0.2, 0.25) is 0 Å². The van der Waals surface area contributed by atoms with E-state index in [0.717, 1.165) is 96.3 Å². The number of hydrogen-bond acceptors (Lipinski definition) is 18. The maximum atomic E-state index is 13.4. The molecule has 3 saturated heterocycles. The minimum absolute atomic E-state index is 0.237. The van der Waals surface area contributed by atoms with Crippen molar-refractivity contribution < 1.29 is 89.4 Å². The molecule has 0 aromatic heterocycles. The maximum Gasteiger partial charge on any atom is 0.220 e. The molecule has 0 spiro atoms. The van der Waals surface area contributed by atoms with Crippen LogP contribution in [0.5, 0.6) is 0 Å². The van der Waals surface area contributed by atoms with E-state index in [1.165, 1.54) is 135 Å². The topological polar surface area (TPSA) is 307 Å². The van der Waals surface area contributed by atoms with Gasteiger partial charge in [0.1, 0.15) is 73.2 Å². The molecule has 0 aromatic rings. The Bertz CT molecular complexity index is 2130. The number of hydrogen-bond donors (Lipinski definition) is 12. The predicted octanol–water partition coefficient (Wildman–Crippen LogP) is 11.6. The molecular formula is C78H135NO18. The van der Waals surface area contributed by atoms with Crippen LogP contribution in [0.4, 0.5) is 0 Å². The van der Waals surface area contributed by atoms with Gasteiger partial charge in [-0.1, -0.05) is 272 Å². The molecule has 97 heavy (non-hydrogen) atoms. The molecule has 19 heteroatoms. The molecule has 3 rings (SSSR count). The second-order valence-corrected chi connectivity index (χ2v) is 26.7. The molecule has 0 aromatic carbocycles. The average Bonchev–Trinajstić information content (AvgIpc) is 0.792. The summed E-state index contributed by atoms with van der Waals surface area (Å²) >= 11 is 0. The van der Waals surface area contributed by atoms with Crippen molar-refractivity contribution in [3.05, 3.63) is 97.2 Å². The quantitative estimate of drug-likeness (QED) is 0.0199. The van der Waals surface area contributed by atoms with Gasteiger partial charge >= 0.3 is 0 Å². The molecule has 3 aliphatic heterocycles. The molecule has 3 heterocycles. The van der Waals surface area contributed by atoms with Crippen molar-refractivity contribution in [3.8, 4) is 0 Å². The van der Waals surface area contributed by atoms with Gasteiger partial charge in [0.2, 0.25) is 5.91 Å². The van der Waals surface area contributed by atoms with Gasteiger partial charge in [0, 0.05) is 6.42 Å². The highest BCUT2D eigenvalue weighted by atomic mass is 16.8. The smallest absolute Gasteiger partial charge is 0.220 e. The van der Waals surface area contributed by atoms with Gasteiger partial charge in [0.15, 0.2) is 18.9 Å². The molecule has 12 N–H and O–H groups in total. The lowest BCUT2D eigenvalue weighted by molar-refractivity contribution is -0.379. The largest absolute Gasteiger partial charge is 0.394 e. The lowest BCUT2D eigenvalue weighted by atomic mass is 9.96. The second kappa shape index (κ2) is 58.2. The molecule has 0 saturated carbocycles. The van der Waals surface area contributed by atoms with Crippen LogP contribution >= 0.6 is 0 Å². The van der Waals surface area contributed by atoms with Crippen LogP contribution in [-0.4, -0.2) is 193 Å². The Balaban J connectivity index is 1.36. The Kier molecular flexibility index (Phi) is 52.8. The minimum atomic E-state index is -1.98. The van der Waals surface area contributed by atoms with Crippen molar-refractivity contribution in [2.75, 3.05) is 26.4 Å². The third-order valence-corrected chi connectivity index (χ3v) is 18.4. The van der Waals surface area contributed by atoms with Crippen LogP contribution in [0.1, 0.15) is 258 Å². The summed E-state index contributed by atoms with van der Waals surface area (Å²) in [6, 6.07) is -0.979. The van der Waals surface area contributed by atoms with Crippen LogP contribution in [0, 0.1) is 0 Å². The van der Waals surface area contributed by atoms with Gasteiger partial charge in [-0.3, -0.25) is 4.79 Å². The van der Waals surface area contributed by atoms with Crippen molar-refractivity contribution in [2.45, 2.75) is 362 Å². The summed E-state index contributed by atoms with van der Waals surface area (Å²) in [6.07, 6.45) is 50.9. The first-order chi connectivity index (χ1) is 47.3. The minimum Gasteiger partial charge on any atom is -0.394 e. The molecule has 17 unspecified atom stereocenters. The Morgan fingerprint density at radius 3 is 1.11 bits per heavy atom. The number of aliphatic hydroxyl groups excluding tert-OH is 11. The maximum absolute atomic E-state index is 13.4. The van der Waals surface area contributed by atoms with E-state index in [9.17, 15) is 61.0 Å².